The molecular weight excluding hydrogens is 240 g/mol. The van der Waals surface area contributed by atoms with Gasteiger partial charge in [0.15, 0.2) is 0 Å². The number of hydrogen-bond acceptors (Lipinski definition) is 3. The van der Waals surface area contributed by atoms with Gasteiger partial charge in [0.1, 0.15) is 5.75 Å². The predicted octanol–water partition coefficient (Wildman–Crippen LogP) is 1.80. The summed E-state index contributed by atoms with van der Waals surface area (Å²) in [5, 5.41) is 6.04. The summed E-state index contributed by atoms with van der Waals surface area (Å²) in [5.74, 6) is 1.01. The minimum absolute atomic E-state index is 0.0166. The fourth-order valence-corrected chi connectivity index (χ4v) is 2.47. The van der Waals surface area contributed by atoms with E-state index >= 15 is 0 Å². The predicted molar refractivity (Wildman–Crippen MR) is 75.3 cm³/mol. The molecule has 4 nitrogen and oxygen atoms in total. The molecule has 19 heavy (non-hydrogen) atoms. The lowest BCUT2D eigenvalue weighted by atomic mass is 10.00. The topological polar surface area (TPSA) is 50.4 Å². The van der Waals surface area contributed by atoms with Crippen LogP contribution in [0.4, 0.5) is 0 Å². The minimum Gasteiger partial charge on any atom is -0.493 e. The van der Waals surface area contributed by atoms with E-state index in [1.165, 1.54) is 11.1 Å². The van der Waals surface area contributed by atoms with E-state index < -0.39 is 0 Å². The fourth-order valence-electron chi connectivity index (χ4n) is 2.47. The van der Waals surface area contributed by atoms with Crippen LogP contribution >= 0.6 is 0 Å². The third kappa shape index (κ3) is 3.07. The van der Waals surface area contributed by atoms with E-state index in [1.54, 1.807) is 7.05 Å². The number of ether oxygens (including phenoxy) is 1. The lowest BCUT2D eigenvalue weighted by molar-refractivity contribution is -0.122. The van der Waals surface area contributed by atoms with Crippen LogP contribution in [0, 0.1) is 0 Å². The Morgan fingerprint density at radius 3 is 2.95 bits per heavy atom. The first-order chi connectivity index (χ1) is 9.15. The normalized spacial score (nSPS) is 16.4. The molecule has 0 aromatic heterocycles. The molecule has 0 saturated carbocycles. The number of benzene rings is 1. The average Bonchev–Trinajstić information content (AvgIpc) is 2.90. The number of carbonyl (C=O) groups excluding carboxylic acids is 1. The molecule has 2 rings (SSSR count). The van der Waals surface area contributed by atoms with Gasteiger partial charge in [-0.15, -0.1) is 0 Å². The second-order valence-electron chi connectivity index (χ2n) is 4.93. The Hall–Kier alpha value is -1.55. The van der Waals surface area contributed by atoms with Gasteiger partial charge in [-0.1, -0.05) is 19.1 Å². The van der Waals surface area contributed by atoms with Gasteiger partial charge in [-0.05, 0) is 30.5 Å². The van der Waals surface area contributed by atoms with Crippen molar-refractivity contribution in [3.8, 4) is 5.75 Å². The Morgan fingerprint density at radius 2 is 2.26 bits per heavy atom. The highest BCUT2D eigenvalue weighted by atomic mass is 16.5. The molecule has 0 fully saturated rings. The Balaban J connectivity index is 2.11. The van der Waals surface area contributed by atoms with Gasteiger partial charge in [-0.3, -0.25) is 10.1 Å². The van der Waals surface area contributed by atoms with Gasteiger partial charge >= 0.3 is 0 Å². The molecule has 0 bridgehead atoms. The van der Waals surface area contributed by atoms with Crippen molar-refractivity contribution in [3.63, 3.8) is 0 Å². The molecule has 0 spiro atoms. The van der Waals surface area contributed by atoms with E-state index in [0.29, 0.717) is 0 Å². The average molecular weight is 262 g/mol. The quantitative estimate of drug-likeness (QED) is 0.850. The van der Waals surface area contributed by atoms with Crippen molar-refractivity contribution in [3.05, 3.63) is 29.3 Å². The summed E-state index contributed by atoms with van der Waals surface area (Å²) in [7, 11) is 1.66. The summed E-state index contributed by atoms with van der Waals surface area (Å²) in [4.78, 5) is 11.6. The third-order valence-electron chi connectivity index (χ3n) is 3.61. The molecular formula is C15H22N2O2. The van der Waals surface area contributed by atoms with Crippen molar-refractivity contribution in [2.24, 2.45) is 0 Å². The number of carbonyl (C=O) groups is 1. The van der Waals surface area contributed by atoms with Gasteiger partial charge in [0, 0.05) is 19.5 Å². The van der Waals surface area contributed by atoms with Crippen molar-refractivity contribution in [1.82, 2.24) is 10.6 Å². The fraction of sp³-hybridized carbons (Fsp3) is 0.533. The van der Waals surface area contributed by atoms with E-state index in [2.05, 4.69) is 29.7 Å². The van der Waals surface area contributed by atoms with Crippen LogP contribution in [0.25, 0.3) is 0 Å². The molecule has 1 heterocycles. The highest BCUT2D eigenvalue weighted by molar-refractivity contribution is 5.81. The van der Waals surface area contributed by atoms with Crippen LogP contribution in [-0.2, 0) is 11.2 Å². The molecule has 1 amide bonds. The van der Waals surface area contributed by atoms with Crippen LogP contribution < -0.4 is 15.4 Å². The molecule has 2 atom stereocenters. The van der Waals surface area contributed by atoms with Crippen molar-refractivity contribution >= 4 is 5.91 Å². The molecule has 1 aromatic carbocycles. The van der Waals surface area contributed by atoms with Crippen LogP contribution in [0.15, 0.2) is 18.2 Å². The summed E-state index contributed by atoms with van der Waals surface area (Å²) >= 11 is 0. The molecule has 1 aliphatic rings. The Morgan fingerprint density at radius 1 is 1.47 bits per heavy atom. The maximum absolute atomic E-state index is 11.6. The van der Waals surface area contributed by atoms with Gasteiger partial charge < -0.3 is 10.1 Å². The van der Waals surface area contributed by atoms with Crippen molar-refractivity contribution < 1.29 is 9.53 Å². The van der Waals surface area contributed by atoms with Gasteiger partial charge in [0.2, 0.25) is 5.91 Å². The van der Waals surface area contributed by atoms with Gasteiger partial charge in [-0.25, -0.2) is 0 Å². The number of fused-ring (bicyclic) bond motifs is 1. The van der Waals surface area contributed by atoms with Crippen molar-refractivity contribution in [1.29, 1.82) is 0 Å². The lowest BCUT2D eigenvalue weighted by Gasteiger charge is -2.22. The largest absolute Gasteiger partial charge is 0.493 e. The summed E-state index contributed by atoms with van der Waals surface area (Å²) in [5.41, 5.74) is 2.49. The zero-order valence-corrected chi connectivity index (χ0v) is 11.8. The molecule has 0 radical (unpaired) electrons. The number of amides is 1. The van der Waals surface area contributed by atoms with Crippen LogP contribution in [0.3, 0.4) is 0 Å². The number of rotatable bonds is 5. The minimum atomic E-state index is -0.195. The van der Waals surface area contributed by atoms with E-state index in [9.17, 15) is 4.79 Å². The second-order valence-corrected chi connectivity index (χ2v) is 4.93. The van der Waals surface area contributed by atoms with E-state index in [-0.39, 0.29) is 18.0 Å². The SMILES string of the molecule is CCC(NC(C)C(=O)NC)c1ccc2c(c1)CCO2. The molecule has 2 N–H and O–H groups in total. The molecule has 4 heteroatoms. The molecule has 2 unspecified atom stereocenters. The number of likely N-dealkylation sites (N-methyl/N-ethyl adjacent to an activating group) is 1. The molecule has 0 saturated heterocycles. The third-order valence-corrected chi connectivity index (χ3v) is 3.61. The summed E-state index contributed by atoms with van der Waals surface area (Å²) in [6.45, 7) is 4.79. The van der Waals surface area contributed by atoms with Crippen LogP contribution in [-0.4, -0.2) is 25.6 Å². The zero-order valence-electron chi connectivity index (χ0n) is 11.8. The number of nitrogens with one attached hydrogen (secondary N) is 2. The number of hydrogen-bond donors (Lipinski definition) is 2. The Labute approximate surface area is 114 Å². The van der Waals surface area contributed by atoms with Crippen LogP contribution in [0.2, 0.25) is 0 Å². The monoisotopic (exact) mass is 262 g/mol. The highest BCUT2D eigenvalue weighted by Crippen LogP contribution is 2.29. The first-order valence-electron chi connectivity index (χ1n) is 6.89. The van der Waals surface area contributed by atoms with Crippen LogP contribution in [0.1, 0.15) is 37.4 Å². The molecule has 1 aromatic rings. The first-order valence-corrected chi connectivity index (χ1v) is 6.89. The van der Waals surface area contributed by atoms with Gasteiger partial charge in [0.05, 0.1) is 12.6 Å². The lowest BCUT2D eigenvalue weighted by Crippen LogP contribution is -2.42. The van der Waals surface area contributed by atoms with Crippen LogP contribution in [0.5, 0.6) is 5.75 Å². The molecule has 1 aliphatic heterocycles. The summed E-state index contributed by atoms with van der Waals surface area (Å²) in [6.07, 6.45) is 1.92. The van der Waals surface area contributed by atoms with Gasteiger partial charge in [0.25, 0.3) is 0 Å². The Bertz CT molecular complexity index is 459. The summed E-state index contributed by atoms with van der Waals surface area (Å²) in [6, 6.07) is 6.31. The van der Waals surface area contributed by atoms with Crippen molar-refractivity contribution in [2.75, 3.05) is 13.7 Å². The van der Waals surface area contributed by atoms with E-state index in [0.717, 1.165) is 25.2 Å². The molecule has 0 aliphatic carbocycles. The smallest absolute Gasteiger partial charge is 0.236 e. The first kappa shape index (κ1) is 13.9. The van der Waals surface area contributed by atoms with Crippen molar-refractivity contribution in [2.45, 2.75) is 38.8 Å². The van der Waals surface area contributed by atoms with E-state index in [1.807, 2.05) is 13.0 Å². The van der Waals surface area contributed by atoms with E-state index in [4.69, 9.17) is 4.74 Å². The standard InChI is InChI=1S/C15H22N2O2/c1-4-13(17-10(2)15(18)16-3)11-5-6-14-12(9-11)7-8-19-14/h5-6,9-10,13,17H,4,7-8H2,1-3H3,(H,16,18). The summed E-state index contributed by atoms with van der Waals surface area (Å²) < 4.78 is 5.52. The Kier molecular flexibility index (Phi) is 4.43. The van der Waals surface area contributed by atoms with Gasteiger partial charge in [-0.2, -0.15) is 0 Å². The second kappa shape index (κ2) is 6.06. The maximum Gasteiger partial charge on any atom is 0.236 e. The maximum atomic E-state index is 11.6. The highest BCUT2D eigenvalue weighted by Gasteiger charge is 2.19. The zero-order chi connectivity index (χ0) is 13.8. The molecule has 104 valence electrons.